The highest BCUT2D eigenvalue weighted by atomic mass is 16.1. The van der Waals surface area contributed by atoms with Crippen molar-refractivity contribution in [3.05, 3.63) is 0 Å². The van der Waals surface area contributed by atoms with Crippen LogP contribution in [0.5, 0.6) is 0 Å². The number of unbranched alkanes of at least 4 members (excludes halogenated alkanes) is 1. The van der Waals surface area contributed by atoms with Crippen LogP contribution in [0.15, 0.2) is 0 Å². The molecular formula is C15H29NO. The van der Waals surface area contributed by atoms with Crippen LogP contribution in [-0.4, -0.2) is 29.8 Å². The molecule has 1 rings (SSSR count). The molecule has 0 aromatic heterocycles. The molecule has 0 bridgehead atoms. The fraction of sp³-hybridized carbons (Fsp3) is 0.933. The minimum Gasteiger partial charge on any atom is -0.300 e. The van der Waals surface area contributed by atoms with Gasteiger partial charge in [0.05, 0.1) is 0 Å². The summed E-state index contributed by atoms with van der Waals surface area (Å²) in [6.45, 7) is 8.72. The van der Waals surface area contributed by atoms with Gasteiger partial charge >= 0.3 is 0 Å². The van der Waals surface area contributed by atoms with Gasteiger partial charge in [-0.15, -0.1) is 0 Å². The van der Waals surface area contributed by atoms with E-state index in [9.17, 15) is 4.79 Å². The molecule has 0 amide bonds. The van der Waals surface area contributed by atoms with E-state index in [1.807, 2.05) is 0 Å². The van der Waals surface area contributed by atoms with Gasteiger partial charge in [-0.25, -0.2) is 0 Å². The van der Waals surface area contributed by atoms with Crippen LogP contribution < -0.4 is 0 Å². The Morgan fingerprint density at radius 3 is 2.41 bits per heavy atom. The molecule has 100 valence electrons. The van der Waals surface area contributed by atoms with Crippen molar-refractivity contribution in [3.8, 4) is 0 Å². The molecule has 1 saturated carbocycles. The lowest BCUT2D eigenvalue weighted by atomic mass is 10.1. The van der Waals surface area contributed by atoms with Gasteiger partial charge in [0.1, 0.15) is 5.78 Å². The van der Waals surface area contributed by atoms with Crippen molar-refractivity contribution in [3.63, 3.8) is 0 Å². The van der Waals surface area contributed by atoms with Crippen LogP contribution in [0.4, 0.5) is 0 Å². The zero-order valence-corrected chi connectivity index (χ0v) is 11.9. The molecule has 0 heterocycles. The number of carbonyl (C=O) groups is 1. The lowest BCUT2D eigenvalue weighted by molar-refractivity contribution is -0.117. The van der Waals surface area contributed by atoms with E-state index < -0.39 is 0 Å². The van der Waals surface area contributed by atoms with Gasteiger partial charge in [0, 0.05) is 19.0 Å². The van der Waals surface area contributed by atoms with Gasteiger partial charge in [0.25, 0.3) is 0 Å². The number of carbonyl (C=O) groups excluding carboxylic acids is 1. The van der Waals surface area contributed by atoms with Crippen LogP contribution >= 0.6 is 0 Å². The van der Waals surface area contributed by atoms with Gasteiger partial charge in [0.15, 0.2) is 0 Å². The SMILES string of the molecule is CC(=O)CCCCN(CC(C)C)C1CCCC1. The van der Waals surface area contributed by atoms with E-state index in [4.69, 9.17) is 0 Å². The minimum atomic E-state index is 0.335. The molecule has 0 atom stereocenters. The largest absolute Gasteiger partial charge is 0.300 e. The highest BCUT2D eigenvalue weighted by molar-refractivity contribution is 5.75. The van der Waals surface area contributed by atoms with E-state index in [1.165, 1.54) is 45.2 Å². The second kappa shape index (κ2) is 7.86. The van der Waals surface area contributed by atoms with Gasteiger partial charge in [-0.3, -0.25) is 0 Å². The molecular weight excluding hydrogens is 210 g/mol. The normalized spacial score (nSPS) is 17.2. The molecule has 1 aliphatic carbocycles. The summed E-state index contributed by atoms with van der Waals surface area (Å²) in [5.74, 6) is 1.09. The fourth-order valence-electron chi connectivity index (χ4n) is 2.85. The molecule has 2 nitrogen and oxygen atoms in total. The summed E-state index contributed by atoms with van der Waals surface area (Å²) < 4.78 is 0. The summed E-state index contributed by atoms with van der Waals surface area (Å²) in [7, 11) is 0. The second-order valence-electron chi connectivity index (χ2n) is 5.99. The Balaban J connectivity index is 2.27. The first-order valence-electron chi connectivity index (χ1n) is 7.33. The Hall–Kier alpha value is -0.370. The van der Waals surface area contributed by atoms with Gasteiger partial charge in [-0.05, 0) is 45.1 Å². The summed E-state index contributed by atoms with van der Waals surface area (Å²) in [5, 5.41) is 0. The third-order valence-electron chi connectivity index (χ3n) is 3.66. The molecule has 0 aromatic carbocycles. The molecule has 1 fully saturated rings. The summed E-state index contributed by atoms with van der Waals surface area (Å²) in [6.07, 6.45) is 8.61. The van der Waals surface area contributed by atoms with E-state index in [1.54, 1.807) is 6.92 Å². The fourth-order valence-corrected chi connectivity index (χ4v) is 2.85. The third-order valence-corrected chi connectivity index (χ3v) is 3.66. The minimum absolute atomic E-state index is 0.335. The van der Waals surface area contributed by atoms with Crippen molar-refractivity contribution < 1.29 is 4.79 Å². The number of hydrogen-bond acceptors (Lipinski definition) is 2. The highest BCUT2D eigenvalue weighted by Gasteiger charge is 2.22. The zero-order valence-electron chi connectivity index (χ0n) is 11.9. The molecule has 0 aliphatic heterocycles. The van der Waals surface area contributed by atoms with E-state index in [-0.39, 0.29) is 0 Å². The Morgan fingerprint density at radius 1 is 1.24 bits per heavy atom. The summed E-state index contributed by atoms with van der Waals surface area (Å²) in [5.41, 5.74) is 0. The van der Waals surface area contributed by atoms with Gasteiger partial charge < -0.3 is 9.69 Å². The van der Waals surface area contributed by atoms with Crippen LogP contribution in [-0.2, 0) is 4.79 Å². The first-order valence-corrected chi connectivity index (χ1v) is 7.33. The monoisotopic (exact) mass is 239 g/mol. The Bertz CT molecular complexity index is 219. The number of nitrogens with zero attached hydrogens (tertiary/aromatic N) is 1. The maximum atomic E-state index is 10.9. The zero-order chi connectivity index (χ0) is 12.7. The molecule has 0 saturated heterocycles. The van der Waals surface area contributed by atoms with Gasteiger partial charge in [0.2, 0.25) is 0 Å². The number of ketones is 1. The molecule has 17 heavy (non-hydrogen) atoms. The summed E-state index contributed by atoms with van der Waals surface area (Å²) in [6, 6.07) is 0.828. The average molecular weight is 239 g/mol. The average Bonchev–Trinajstić information content (AvgIpc) is 2.74. The predicted octanol–water partition coefficient (Wildman–Crippen LogP) is 3.65. The Labute approximate surface area is 107 Å². The van der Waals surface area contributed by atoms with Crippen molar-refractivity contribution in [2.24, 2.45) is 5.92 Å². The second-order valence-corrected chi connectivity index (χ2v) is 5.99. The maximum absolute atomic E-state index is 10.9. The molecule has 1 aliphatic rings. The number of Topliss-reactive ketones (excluding diaryl/α,β-unsaturated/α-hetero) is 1. The van der Waals surface area contributed by atoms with E-state index >= 15 is 0 Å². The Kier molecular flexibility index (Phi) is 6.79. The molecule has 0 aromatic rings. The van der Waals surface area contributed by atoms with Crippen molar-refractivity contribution in [2.75, 3.05) is 13.1 Å². The molecule has 0 spiro atoms. The summed E-state index contributed by atoms with van der Waals surface area (Å²) in [4.78, 5) is 13.6. The third kappa shape index (κ3) is 6.21. The van der Waals surface area contributed by atoms with Crippen molar-refractivity contribution in [1.82, 2.24) is 4.90 Å². The smallest absolute Gasteiger partial charge is 0.129 e. The van der Waals surface area contributed by atoms with Crippen LogP contribution in [0.25, 0.3) is 0 Å². The van der Waals surface area contributed by atoms with Crippen molar-refractivity contribution >= 4 is 5.78 Å². The lowest BCUT2D eigenvalue weighted by Crippen LogP contribution is -2.37. The Morgan fingerprint density at radius 2 is 1.88 bits per heavy atom. The topological polar surface area (TPSA) is 20.3 Å². The maximum Gasteiger partial charge on any atom is 0.129 e. The van der Waals surface area contributed by atoms with Crippen molar-refractivity contribution in [1.29, 1.82) is 0 Å². The summed E-state index contributed by atoms with van der Waals surface area (Å²) >= 11 is 0. The highest BCUT2D eigenvalue weighted by Crippen LogP contribution is 2.24. The molecule has 0 radical (unpaired) electrons. The number of rotatable bonds is 8. The van der Waals surface area contributed by atoms with E-state index in [2.05, 4.69) is 18.7 Å². The lowest BCUT2D eigenvalue weighted by Gasteiger charge is -2.30. The predicted molar refractivity (Wildman–Crippen MR) is 73.2 cm³/mol. The number of hydrogen-bond donors (Lipinski definition) is 0. The van der Waals surface area contributed by atoms with Gasteiger partial charge in [-0.2, -0.15) is 0 Å². The van der Waals surface area contributed by atoms with Gasteiger partial charge in [-0.1, -0.05) is 26.7 Å². The first kappa shape index (κ1) is 14.7. The van der Waals surface area contributed by atoms with Crippen molar-refractivity contribution in [2.45, 2.75) is 71.8 Å². The molecule has 0 unspecified atom stereocenters. The quantitative estimate of drug-likeness (QED) is 0.603. The van der Waals surface area contributed by atoms with Crippen LogP contribution in [0, 0.1) is 5.92 Å². The van der Waals surface area contributed by atoms with Crippen LogP contribution in [0.1, 0.15) is 65.7 Å². The van der Waals surface area contributed by atoms with E-state index in [0.717, 1.165) is 24.8 Å². The molecule has 2 heteroatoms. The first-order chi connectivity index (χ1) is 8.09. The molecule has 0 N–H and O–H groups in total. The standard InChI is InChI=1S/C15H29NO/c1-13(2)12-16(15-9-4-5-10-15)11-7-6-8-14(3)17/h13,15H,4-12H2,1-3H3. The van der Waals surface area contributed by atoms with Crippen LogP contribution in [0.3, 0.4) is 0 Å². The van der Waals surface area contributed by atoms with E-state index in [0.29, 0.717) is 5.78 Å². The van der Waals surface area contributed by atoms with Crippen LogP contribution in [0.2, 0.25) is 0 Å².